The van der Waals surface area contributed by atoms with E-state index in [2.05, 4.69) is 10.3 Å². The van der Waals surface area contributed by atoms with Crippen LogP contribution in [0.2, 0.25) is 0 Å². The molecule has 1 aromatic heterocycles. The fourth-order valence-corrected chi connectivity index (χ4v) is 8.04. The zero-order chi connectivity index (χ0) is 33.6. The van der Waals surface area contributed by atoms with Gasteiger partial charge in [0.25, 0.3) is 0 Å². The summed E-state index contributed by atoms with van der Waals surface area (Å²) in [5.41, 5.74) is 2.97. The maximum atomic E-state index is 14.2. The third-order valence-electron chi connectivity index (χ3n) is 10.3. The summed E-state index contributed by atoms with van der Waals surface area (Å²) < 4.78 is 12.3. The molecule has 2 aromatic carbocycles. The lowest BCUT2D eigenvalue weighted by Crippen LogP contribution is -2.63. The first-order chi connectivity index (χ1) is 23.3. The predicted molar refractivity (Wildman–Crippen MR) is 179 cm³/mol. The average Bonchev–Trinajstić information content (AvgIpc) is 3.73. The molecule has 248 valence electrons. The normalized spacial score (nSPS) is 25.4. The number of carbonyl (C=O) groups is 4. The molecular weight excluding hydrogens is 610 g/mol. The van der Waals surface area contributed by atoms with E-state index in [-0.39, 0.29) is 30.0 Å². The molecule has 1 aliphatic carbocycles. The number of cyclic esters (lactones) is 1. The van der Waals surface area contributed by atoms with Crippen molar-refractivity contribution in [1.29, 1.82) is 0 Å². The molecule has 0 radical (unpaired) electrons. The van der Waals surface area contributed by atoms with Crippen LogP contribution in [0.25, 0.3) is 10.9 Å². The lowest BCUT2D eigenvalue weighted by atomic mass is 9.59. The number of ether oxygens (including phenoxy) is 2. The molecule has 2 N–H and O–H groups in total. The Kier molecular flexibility index (Phi) is 8.14. The molecule has 4 atom stereocenters. The van der Waals surface area contributed by atoms with Crippen molar-refractivity contribution in [2.24, 2.45) is 22.7 Å². The second kappa shape index (κ2) is 12.4. The summed E-state index contributed by atoms with van der Waals surface area (Å²) in [6.45, 7) is 6.77. The van der Waals surface area contributed by atoms with Crippen LogP contribution < -0.4 is 5.32 Å². The van der Waals surface area contributed by atoms with E-state index < -0.39 is 35.5 Å². The fourth-order valence-electron chi connectivity index (χ4n) is 8.04. The molecule has 7 rings (SSSR count). The zero-order valence-corrected chi connectivity index (χ0v) is 27.3. The Bertz CT molecular complexity index is 1890. The highest BCUT2D eigenvalue weighted by atomic mass is 16.6. The molecule has 0 bridgehead atoms. The van der Waals surface area contributed by atoms with Crippen LogP contribution in [0.5, 0.6) is 0 Å². The molecule has 4 amide bonds. The number of carbonyl (C=O) groups excluding carboxylic acids is 4. The highest BCUT2D eigenvalue weighted by Crippen LogP contribution is 2.57. The van der Waals surface area contributed by atoms with Gasteiger partial charge in [-0.05, 0) is 55.9 Å². The third-order valence-corrected chi connectivity index (χ3v) is 10.3. The smallest absolute Gasteiger partial charge is 0.393 e. The van der Waals surface area contributed by atoms with Crippen LogP contribution in [0.3, 0.4) is 0 Å². The molecule has 3 aromatic rings. The molecule has 48 heavy (non-hydrogen) atoms. The minimum absolute atomic E-state index is 0.0860. The number of nitrogens with zero attached hydrogens (tertiary/aromatic N) is 3. The molecule has 4 aliphatic rings. The fraction of sp³-hybridized carbons (Fsp3) is 0.378. The number of H-pyrrole nitrogens is 1. The first-order valence-corrected chi connectivity index (χ1v) is 16.7. The first kappa shape index (κ1) is 31.4. The van der Waals surface area contributed by atoms with Crippen molar-refractivity contribution in [3.05, 3.63) is 95.0 Å². The Labute approximate surface area is 278 Å². The summed E-state index contributed by atoms with van der Waals surface area (Å²) >= 11 is 0. The van der Waals surface area contributed by atoms with Crippen LogP contribution in [0.1, 0.15) is 44.7 Å². The van der Waals surface area contributed by atoms with E-state index in [1.165, 1.54) is 9.80 Å². The molecule has 3 unspecified atom stereocenters. The van der Waals surface area contributed by atoms with Gasteiger partial charge >= 0.3 is 12.2 Å². The second-order valence-electron chi connectivity index (χ2n) is 12.6. The summed E-state index contributed by atoms with van der Waals surface area (Å²) in [5, 5.41) is 3.64. The molecule has 11 heteroatoms. The number of imide groups is 1. The van der Waals surface area contributed by atoms with Crippen LogP contribution in [-0.2, 0) is 31.9 Å². The number of aromatic nitrogens is 1. The van der Waals surface area contributed by atoms with Gasteiger partial charge in [-0.15, -0.1) is 0 Å². The zero-order valence-electron chi connectivity index (χ0n) is 27.3. The topological polar surface area (TPSA) is 133 Å². The second-order valence-corrected chi connectivity index (χ2v) is 12.6. The first-order valence-electron chi connectivity index (χ1n) is 16.7. The SMILES string of the molecule is CCC1=C(OC(=O)N(CC)CC)N2C(=O)OC(=NCCc3c[nH]c4ccccc34)[C@]2(Cc2ccccc2)C2C1=CCC1C(=O)NC(=O)C12. The number of nitrogens with one attached hydrogen (secondary N) is 2. The van der Waals surface area contributed by atoms with E-state index in [0.29, 0.717) is 44.5 Å². The van der Waals surface area contributed by atoms with Gasteiger partial charge < -0.3 is 19.4 Å². The van der Waals surface area contributed by atoms with Crippen LogP contribution in [0, 0.1) is 17.8 Å². The van der Waals surface area contributed by atoms with Gasteiger partial charge in [0.1, 0.15) is 5.54 Å². The van der Waals surface area contributed by atoms with Gasteiger partial charge in [-0.25, -0.2) is 14.5 Å². The number of fused-ring (bicyclic) bond motifs is 6. The minimum atomic E-state index is -1.40. The monoisotopic (exact) mass is 649 g/mol. The predicted octanol–water partition coefficient (Wildman–Crippen LogP) is 5.49. The van der Waals surface area contributed by atoms with Crippen molar-refractivity contribution in [1.82, 2.24) is 20.1 Å². The summed E-state index contributed by atoms with van der Waals surface area (Å²) in [7, 11) is 0. The Morgan fingerprint density at radius 3 is 2.54 bits per heavy atom. The van der Waals surface area contributed by atoms with Gasteiger partial charge in [0, 0.05) is 54.6 Å². The average molecular weight is 650 g/mol. The van der Waals surface area contributed by atoms with Crippen molar-refractivity contribution in [2.45, 2.75) is 52.0 Å². The molecule has 2 fully saturated rings. The van der Waals surface area contributed by atoms with Crippen molar-refractivity contribution in [3.63, 3.8) is 0 Å². The molecular formula is C37H39N5O6. The summed E-state index contributed by atoms with van der Waals surface area (Å²) in [6, 6.07) is 17.6. The number of aliphatic imine (C=N–C) groups is 1. The molecule has 2 saturated heterocycles. The minimum Gasteiger partial charge on any atom is -0.393 e. The quantitative estimate of drug-likeness (QED) is 0.295. The van der Waals surface area contributed by atoms with E-state index in [4.69, 9.17) is 14.5 Å². The highest BCUT2D eigenvalue weighted by molar-refractivity contribution is 6.09. The Balaban J connectivity index is 1.42. The Morgan fingerprint density at radius 2 is 1.79 bits per heavy atom. The van der Waals surface area contributed by atoms with Crippen LogP contribution in [0.15, 0.2) is 88.9 Å². The Hall–Kier alpha value is -5.19. The number of benzene rings is 2. The highest BCUT2D eigenvalue weighted by Gasteiger charge is 2.69. The number of allylic oxidation sites excluding steroid dienone is 2. The van der Waals surface area contributed by atoms with Gasteiger partial charge in [0.2, 0.25) is 23.6 Å². The van der Waals surface area contributed by atoms with Crippen molar-refractivity contribution in [2.75, 3.05) is 19.6 Å². The largest absolute Gasteiger partial charge is 0.424 e. The van der Waals surface area contributed by atoms with Crippen LogP contribution in [-0.4, -0.2) is 69.9 Å². The molecule has 4 heterocycles. The van der Waals surface area contributed by atoms with E-state index >= 15 is 0 Å². The maximum absolute atomic E-state index is 14.2. The number of hydrogen-bond donors (Lipinski definition) is 2. The van der Waals surface area contributed by atoms with E-state index in [1.54, 1.807) is 0 Å². The van der Waals surface area contributed by atoms with E-state index in [9.17, 15) is 19.2 Å². The van der Waals surface area contributed by atoms with Crippen LogP contribution in [0.4, 0.5) is 9.59 Å². The standard InChI is InChI=1S/C37H39N5O6/c1-4-24-26-16-17-27-29(32(44)40-31(27)43)30(26)37(20-22-12-8-7-9-13-22)34(38-19-18-23-21-39-28-15-11-10-14-25(23)28)48-36(46)42(37)33(24)47-35(45)41(5-2)6-3/h7-16,21,27,29-30,39H,4-6,17-20H2,1-3H3,(H,40,43,44)/t27?,29?,30?,37-/m0/s1. The number of hydrogen-bond acceptors (Lipinski definition) is 7. The van der Waals surface area contributed by atoms with Crippen LogP contribution >= 0.6 is 0 Å². The maximum Gasteiger partial charge on any atom is 0.424 e. The number of rotatable bonds is 9. The lowest BCUT2D eigenvalue weighted by molar-refractivity contribution is -0.126. The van der Waals surface area contributed by atoms with E-state index in [1.807, 2.05) is 87.6 Å². The van der Waals surface area contributed by atoms with Gasteiger partial charge in [-0.3, -0.25) is 19.9 Å². The molecule has 0 saturated carbocycles. The van der Waals surface area contributed by atoms with E-state index in [0.717, 1.165) is 27.6 Å². The summed E-state index contributed by atoms with van der Waals surface area (Å²) in [6.07, 6.45) is 4.13. The van der Waals surface area contributed by atoms with Crippen molar-refractivity contribution < 1.29 is 28.7 Å². The van der Waals surface area contributed by atoms with Gasteiger partial charge in [0.15, 0.2) is 0 Å². The number of para-hydroxylation sites is 1. The molecule has 3 aliphatic heterocycles. The molecule has 11 nitrogen and oxygen atoms in total. The van der Waals surface area contributed by atoms with Gasteiger partial charge in [-0.1, -0.05) is 61.5 Å². The summed E-state index contributed by atoms with van der Waals surface area (Å²) in [5.74, 6) is -2.56. The lowest BCUT2D eigenvalue weighted by Gasteiger charge is -2.50. The molecule has 0 spiro atoms. The number of aromatic amines is 1. The van der Waals surface area contributed by atoms with Gasteiger partial charge in [-0.2, -0.15) is 0 Å². The Morgan fingerprint density at radius 1 is 1.04 bits per heavy atom. The van der Waals surface area contributed by atoms with Crippen molar-refractivity contribution in [3.8, 4) is 0 Å². The van der Waals surface area contributed by atoms with Gasteiger partial charge in [0.05, 0.1) is 11.8 Å². The third kappa shape index (κ3) is 4.91. The summed E-state index contributed by atoms with van der Waals surface area (Å²) in [4.78, 5) is 65.9. The van der Waals surface area contributed by atoms with Crippen molar-refractivity contribution >= 4 is 40.8 Å². The number of amides is 4.